The maximum atomic E-state index is 13.7. The fraction of sp³-hybridized carbons (Fsp3) is 0.333. The minimum absolute atomic E-state index is 0. The number of halogens is 3. The number of H-pyrrole nitrogens is 1. The molecule has 3 N–H and O–H groups in total. The van der Waals surface area contributed by atoms with Crippen LogP contribution in [0.5, 0.6) is 0 Å². The number of aromatic amines is 1. The molecule has 0 aliphatic heterocycles. The molecule has 0 aliphatic carbocycles. The van der Waals surface area contributed by atoms with Crippen LogP contribution < -0.4 is 10.6 Å². The Morgan fingerprint density at radius 3 is 2.83 bits per heavy atom. The van der Waals surface area contributed by atoms with E-state index in [4.69, 9.17) is 0 Å². The predicted octanol–water partition coefficient (Wildman–Crippen LogP) is 3.23. The molecule has 2 aromatic rings. The molecule has 1 aromatic heterocycles. The van der Waals surface area contributed by atoms with Gasteiger partial charge in [-0.25, -0.2) is 4.39 Å². The Balaban J connectivity index is 0.00000264. The third kappa shape index (κ3) is 6.86. The van der Waals surface area contributed by atoms with E-state index in [9.17, 15) is 4.39 Å². The molecule has 2 rings (SSSR count). The number of aromatic nitrogens is 2. The van der Waals surface area contributed by atoms with Crippen LogP contribution in [0.4, 0.5) is 4.39 Å². The van der Waals surface area contributed by atoms with Gasteiger partial charge in [0.15, 0.2) is 5.96 Å². The summed E-state index contributed by atoms with van der Waals surface area (Å²) in [5, 5.41) is 13.1. The Labute approximate surface area is 160 Å². The average Bonchev–Trinajstić information content (AvgIpc) is 3.01. The molecule has 126 valence electrons. The van der Waals surface area contributed by atoms with Gasteiger partial charge in [-0.3, -0.25) is 10.1 Å². The first-order valence-electron chi connectivity index (χ1n) is 7.05. The summed E-state index contributed by atoms with van der Waals surface area (Å²) in [5.41, 5.74) is 1.71. The lowest BCUT2D eigenvalue weighted by Gasteiger charge is -2.11. The van der Waals surface area contributed by atoms with Gasteiger partial charge >= 0.3 is 0 Å². The Morgan fingerprint density at radius 1 is 1.35 bits per heavy atom. The van der Waals surface area contributed by atoms with E-state index in [1.807, 2.05) is 18.2 Å². The summed E-state index contributed by atoms with van der Waals surface area (Å²) >= 11 is 3.26. The van der Waals surface area contributed by atoms with Crippen molar-refractivity contribution in [2.75, 3.05) is 13.6 Å². The molecule has 0 spiro atoms. The van der Waals surface area contributed by atoms with Crippen molar-refractivity contribution in [2.45, 2.75) is 19.4 Å². The Bertz CT molecular complexity index is 618. The summed E-state index contributed by atoms with van der Waals surface area (Å²) in [6.07, 6.45) is 3.22. The first-order valence-corrected chi connectivity index (χ1v) is 7.85. The molecule has 0 bridgehead atoms. The van der Waals surface area contributed by atoms with Crippen LogP contribution in [0, 0.1) is 5.82 Å². The van der Waals surface area contributed by atoms with E-state index >= 15 is 0 Å². The second-order valence-corrected chi connectivity index (χ2v) is 5.69. The molecule has 23 heavy (non-hydrogen) atoms. The molecule has 5 nitrogen and oxygen atoms in total. The van der Waals surface area contributed by atoms with E-state index in [0.29, 0.717) is 18.9 Å². The molecule has 0 unspecified atom stereocenters. The van der Waals surface area contributed by atoms with Gasteiger partial charge in [0.2, 0.25) is 0 Å². The largest absolute Gasteiger partial charge is 0.356 e. The van der Waals surface area contributed by atoms with Gasteiger partial charge in [0.05, 0.1) is 12.2 Å². The summed E-state index contributed by atoms with van der Waals surface area (Å²) in [6.45, 7) is 1.35. The summed E-state index contributed by atoms with van der Waals surface area (Å²) in [4.78, 5) is 4.14. The Morgan fingerprint density at radius 2 is 2.17 bits per heavy atom. The molecule has 0 radical (unpaired) electrons. The van der Waals surface area contributed by atoms with Crippen LogP contribution in [0.15, 0.2) is 39.9 Å². The van der Waals surface area contributed by atoms with E-state index in [1.165, 1.54) is 6.07 Å². The van der Waals surface area contributed by atoms with Gasteiger partial charge in [0, 0.05) is 24.3 Å². The van der Waals surface area contributed by atoms with E-state index in [-0.39, 0.29) is 29.8 Å². The van der Waals surface area contributed by atoms with Crippen molar-refractivity contribution in [1.29, 1.82) is 0 Å². The zero-order valence-electron chi connectivity index (χ0n) is 12.8. The molecule has 1 heterocycles. The van der Waals surface area contributed by atoms with E-state index < -0.39 is 0 Å². The topological polar surface area (TPSA) is 65.1 Å². The highest BCUT2D eigenvalue weighted by Crippen LogP contribution is 2.16. The zero-order valence-corrected chi connectivity index (χ0v) is 16.7. The van der Waals surface area contributed by atoms with Crippen molar-refractivity contribution in [3.63, 3.8) is 0 Å². The maximum absolute atomic E-state index is 13.7. The van der Waals surface area contributed by atoms with Gasteiger partial charge in [-0.2, -0.15) is 5.10 Å². The number of nitrogens with one attached hydrogen (secondary N) is 3. The molecule has 1 aromatic carbocycles. The lowest BCUT2D eigenvalue weighted by atomic mass is 10.1. The number of hydrogen-bond donors (Lipinski definition) is 3. The number of nitrogens with zero attached hydrogens (tertiary/aromatic N) is 2. The van der Waals surface area contributed by atoms with Crippen LogP contribution in [0.3, 0.4) is 0 Å². The van der Waals surface area contributed by atoms with Gasteiger partial charge in [0.25, 0.3) is 0 Å². The van der Waals surface area contributed by atoms with Crippen molar-refractivity contribution in [3.8, 4) is 0 Å². The summed E-state index contributed by atoms with van der Waals surface area (Å²) in [6, 6.07) is 7.06. The molecular weight excluding hydrogens is 476 g/mol. The number of aryl methyl sites for hydroxylation is 1. The number of rotatable bonds is 6. The van der Waals surface area contributed by atoms with Crippen LogP contribution >= 0.6 is 39.9 Å². The SMILES string of the molecule is CN=C(NCCCc1ccc(Br)cc1F)NCc1ccn[nH]1.I. The zero-order chi connectivity index (χ0) is 15.8. The summed E-state index contributed by atoms with van der Waals surface area (Å²) in [7, 11) is 1.72. The van der Waals surface area contributed by atoms with Gasteiger partial charge in [-0.05, 0) is 36.6 Å². The lowest BCUT2D eigenvalue weighted by molar-refractivity contribution is 0.601. The first kappa shape index (κ1) is 19.9. The fourth-order valence-corrected chi connectivity index (χ4v) is 2.33. The fourth-order valence-electron chi connectivity index (χ4n) is 1.99. The third-order valence-corrected chi connectivity index (χ3v) is 3.65. The number of hydrogen-bond acceptors (Lipinski definition) is 2. The van der Waals surface area contributed by atoms with Crippen molar-refractivity contribution in [2.24, 2.45) is 4.99 Å². The normalized spacial score (nSPS) is 11.0. The van der Waals surface area contributed by atoms with Crippen molar-refractivity contribution in [1.82, 2.24) is 20.8 Å². The van der Waals surface area contributed by atoms with Gasteiger partial charge in [0.1, 0.15) is 5.82 Å². The molecule has 0 fully saturated rings. The van der Waals surface area contributed by atoms with Crippen molar-refractivity contribution >= 4 is 45.9 Å². The van der Waals surface area contributed by atoms with E-state index in [2.05, 4.69) is 41.8 Å². The quantitative estimate of drug-likeness (QED) is 0.249. The summed E-state index contributed by atoms with van der Waals surface area (Å²) in [5.74, 6) is 0.544. The van der Waals surface area contributed by atoms with Gasteiger partial charge in [-0.1, -0.05) is 22.0 Å². The van der Waals surface area contributed by atoms with Gasteiger partial charge in [-0.15, -0.1) is 24.0 Å². The van der Waals surface area contributed by atoms with Crippen molar-refractivity contribution < 1.29 is 4.39 Å². The molecule has 0 saturated carbocycles. The standard InChI is InChI=1S/C15H19BrFN5.HI/c1-18-15(20-10-13-6-8-21-22-13)19-7-2-3-11-4-5-12(16)9-14(11)17;/h4-6,8-9H,2-3,7,10H2,1H3,(H,21,22)(H2,18,19,20);1H. The molecule has 0 amide bonds. The monoisotopic (exact) mass is 495 g/mol. The molecule has 0 aliphatic rings. The minimum atomic E-state index is -0.170. The van der Waals surface area contributed by atoms with Crippen LogP contribution in [0.25, 0.3) is 0 Å². The van der Waals surface area contributed by atoms with Crippen LogP contribution in [0.2, 0.25) is 0 Å². The van der Waals surface area contributed by atoms with Crippen LogP contribution in [-0.4, -0.2) is 29.7 Å². The lowest BCUT2D eigenvalue weighted by Crippen LogP contribution is -2.37. The Kier molecular flexibility index (Phi) is 9.15. The molecule has 0 saturated heterocycles. The smallest absolute Gasteiger partial charge is 0.191 e. The first-order chi connectivity index (χ1) is 10.7. The number of benzene rings is 1. The second-order valence-electron chi connectivity index (χ2n) is 4.77. The molecule has 0 atom stereocenters. The highest BCUT2D eigenvalue weighted by atomic mass is 127. The Hall–Kier alpha value is -1.16. The highest BCUT2D eigenvalue weighted by Gasteiger charge is 2.03. The van der Waals surface area contributed by atoms with Crippen LogP contribution in [-0.2, 0) is 13.0 Å². The average molecular weight is 496 g/mol. The second kappa shape index (κ2) is 10.6. The van der Waals surface area contributed by atoms with Gasteiger partial charge < -0.3 is 10.6 Å². The van der Waals surface area contributed by atoms with Crippen molar-refractivity contribution in [3.05, 3.63) is 52.0 Å². The van der Waals surface area contributed by atoms with E-state index in [0.717, 1.165) is 28.7 Å². The molecular formula is C15H20BrFIN5. The predicted molar refractivity (Wildman–Crippen MR) is 105 cm³/mol. The maximum Gasteiger partial charge on any atom is 0.191 e. The number of guanidine groups is 1. The molecule has 8 heteroatoms. The third-order valence-electron chi connectivity index (χ3n) is 3.16. The number of aliphatic imine (C=N–C) groups is 1. The van der Waals surface area contributed by atoms with E-state index in [1.54, 1.807) is 13.2 Å². The highest BCUT2D eigenvalue weighted by molar-refractivity contribution is 14.0. The van der Waals surface area contributed by atoms with Crippen LogP contribution in [0.1, 0.15) is 17.7 Å². The minimum Gasteiger partial charge on any atom is -0.356 e. The summed E-state index contributed by atoms with van der Waals surface area (Å²) < 4.78 is 14.4.